The van der Waals surface area contributed by atoms with Crippen LogP contribution in [0.3, 0.4) is 0 Å². The first-order valence-corrected chi connectivity index (χ1v) is 13.4. The molecule has 1 saturated heterocycles. The number of benzene rings is 4. The smallest absolute Gasteiger partial charge is 0.238 e. The number of anilines is 2. The molecule has 1 amide bonds. The second-order valence-electron chi connectivity index (χ2n) is 10.5. The van der Waals surface area contributed by atoms with Crippen LogP contribution < -0.4 is 15.0 Å². The molecule has 3 aliphatic rings. The third-order valence-corrected chi connectivity index (χ3v) is 8.59. The SMILES string of the molecule is COc1cccc(C(=O)[C@H]2[C@@H](C(=O)c3ccccc3F)N3c4ccccc4C=C[C@@H]3[C@]23C(=O)Nc2ccccc23)c1. The second kappa shape index (κ2) is 9.27. The van der Waals surface area contributed by atoms with Gasteiger partial charge in [0.25, 0.3) is 0 Å². The number of methoxy groups -OCH3 is 1. The quantitative estimate of drug-likeness (QED) is 0.327. The number of nitrogens with zero attached hydrogens (tertiary/aromatic N) is 1. The van der Waals surface area contributed by atoms with Crippen molar-refractivity contribution in [2.75, 3.05) is 17.3 Å². The second-order valence-corrected chi connectivity index (χ2v) is 10.5. The number of carbonyl (C=O) groups is 3. The summed E-state index contributed by atoms with van der Waals surface area (Å²) in [5.74, 6) is -2.73. The van der Waals surface area contributed by atoms with Crippen LogP contribution in [0.1, 0.15) is 31.8 Å². The van der Waals surface area contributed by atoms with Gasteiger partial charge in [-0.1, -0.05) is 72.8 Å². The summed E-state index contributed by atoms with van der Waals surface area (Å²) in [4.78, 5) is 45.5. The molecule has 4 aromatic carbocycles. The summed E-state index contributed by atoms with van der Waals surface area (Å²) >= 11 is 0. The van der Waals surface area contributed by atoms with E-state index < -0.39 is 40.8 Å². The van der Waals surface area contributed by atoms with Gasteiger partial charge in [0.1, 0.15) is 23.0 Å². The monoisotopic (exact) mass is 544 g/mol. The van der Waals surface area contributed by atoms with Crippen molar-refractivity contribution in [1.82, 2.24) is 0 Å². The Morgan fingerprint density at radius 3 is 2.49 bits per heavy atom. The molecule has 0 radical (unpaired) electrons. The first-order chi connectivity index (χ1) is 20.0. The Hall–Kier alpha value is -5.04. The lowest BCUT2D eigenvalue weighted by molar-refractivity contribution is -0.121. The first kappa shape index (κ1) is 25.0. The summed E-state index contributed by atoms with van der Waals surface area (Å²) in [7, 11) is 1.51. The highest BCUT2D eigenvalue weighted by molar-refractivity contribution is 6.18. The van der Waals surface area contributed by atoms with Crippen LogP contribution in [0.5, 0.6) is 5.75 Å². The minimum absolute atomic E-state index is 0.129. The predicted octanol–water partition coefficient (Wildman–Crippen LogP) is 5.69. The number of rotatable bonds is 5. The number of ketones is 2. The number of halogens is 1. The normalized spacial score (nSPS) is 23.5. The summed E-state index contributed by atoms with van der Waals surface area (Å²) in [5, 5.41) is 2.99. The molecule has 4 aromatic rings. The number of fused-ring (bicyclic) bond motifs is 6. The van der Waals surface area contributed by atoms with Crippen LogP contribution in [0.2, 0.25) is 0 Å². The molecule has 4 atom stereocenters. The molecule has 7 heteroatoms. The van der Waals surface area contributed by atoms with Gasteiger partial charge in [-0.05, 0) is 47.5 Å². The molecule has 1 N–H and O–H groups in total. The third kappa shape index (κ3) is 3.45. The van der Waals surface area contributed by atoms with Crippen molar-refractivity contribution in [1.29, 1.82) is 0 Å². The summed E-state index contributed by atoms with van der Waals surface area (Å²) in [6, 6.07) is 25.4. The predicted molar refractivity (Wildman–Crippen MR) is 154 cm³/mol. The van der Waals surface area contributed by atoms with Crippen molar-refractivity contribution >= 4 is 34.9 Å². The van der Waals surface area contributed by atoms with Gasteiger partial charge in [-0.15, -0.1) is 0 Å². The van der Waals surface area contributed by atoms with E-state index in [0.29, 0.717) is 28.3 Å². The Kier molecular flexibility index (Phi) is 5.64. The molecular formula is C34H25FN2O4. The largest absolute Gasteiger partial charge is 0.497 e. The average Bonchev–Trinajstić information content (AvgIpc) is 3.49. The van der Waals surface area contributed by atoms with E-state index in [1.54, 1.807) is 36.4 Å². The van der Waals surface area contributed by atoms with Gasteiger partial charge in [-0.3, -0.25) is 14.4 Å². The number of para-hydroxylation sites is 2. The van der Waals surface area contributed by atoms with E-state index in [2.05, 4.69) is 5.32 Å². The van der Waals surface area contributed by atoms with Gasteiger partial charge in [-0.25, -0.2) is 4.39 Å². The van der Waals surface area contributed by atoms with Crippen LogP contribution in [0.4, 0.5) is 15.8 Å². The summed E-state index contributed by atoms with van der Waals surface area (Å²) < 4.78 is 20.6. The molecule has 0 bridgehead atoms. The van der Waals surface area contributed by atoms with Crippen LogP contribution >= 0.6 is 0 Å². The standard InChI is InChI=1S/C34H25FN2O4/c1-41-22-11-8-10-21(19-22)31(38)29-30(32(39)23-12-3-5-14-25(23)35)37-27-16-7-2-9-20(27)17-18-28(37)34(29)24-13-4-6-15-26(24)36-33(34)40/h2-19,28-30H,1H3,(H,36,40)/t28-,29-,30+,34+/m1/s1. The summed E-state index contributed by atoms with van der Waals surface area (Å²) in [6.07, 6.45) is 3.82. The number of ether oxygens (including phenoxy) is 1. The molecule has 41 heavy (non-hydrogen) atoms. The van der Waals surface area contributed by atoms with Crippen LogP contribution in [-0.4, -0.2) is 36.7 Å². The number of hydrogen-bond acceptors (Lipinski definition) is 5. The van der Waals surface area contributed by atoms with Crippen molar-refractivity contribution in [3.63, 3.8) is 0 Å². The zero-order valence-corrected chi connectivity index (χ0v) is 22.1. The maximum absolute atomic E-state index is 15.2. The van der Waals surface area contributed by atoms with E-state index in [9.17, 15) is 14.4 Å². The fourth-order valence-electron chi connectivity index (χ4n) is 6.90. The van der Waals surface area contributed by atoms with Crippen LogP contribution in [0.15, 0.2) is 103 Å². The Labute approximate surface area is 236 Å². The molecular weight excluding hydrogens is 519 g/mol. The molecule has 7 rings (SSSR count). The minimum atomic E-state index is -1.47. The molecule has 202 valence electrons. The fourth-order valence-corrected chi connectivity index (χ4v) is 6.90. The van der Waals surface area contributed by atoms with E-state index in [0.717, 1.165) is 5.56 Å². The van der Waals surface area contributed by atoms with E-state index in [-0.39, 0.29) is 11.5 Å². The average molecular weight is 545 g/mol. The van der Waals surface area contributed by atoms with Gasteiger partial charge in [0.2, 0.25) is 5.91 Å². The molecule has 6 nitrogen and oxygen atoms in total. The minimum Gasteiger partial charge on any atom is -0.497 e. The van der Waals surface area contributed by atoms with Gasteiger partial charge in [0.05, 0.1) is 24.6 Å². The van der Waals surface area contributed by atoms with Crippen LogP contribution in [0.25, 0.3) is 6.08 Å². The van der Waals surface area contributed by atoms with Crippen molar-refractivity contribution in [3.8, 4) is 5.75 Å². The Morgan fingerprint density at radius 1 is 0.902 bits per heavy atom. The highest BCUT2D eigenvalue weighted by atomic mass is 19.1. The van der Waals surface area contributed by atoms with Gasteiger partial charge in [0.15, 0.2) is 11.6 Å². The molecule has 0 unspecified atom stereocenters. The maximum atomic E-state index is 15.2. The molecule has 0 saturated carbocycles. The zero-order valence-electron chi connectivity index (χ0n) is 22.1. The van der Waals surface area contributed by atoms with E-state index in [4.69, 9.17) is 4.74 Å². The van der Waals surface area contributed by atoms with Gasteiger partial charge in [0, 0.05) is 16.9 Å². The maximum Gasteiger partial charge on any atom is 0.238 e. The highest BCUT2D eigenvalue weighted by Crippen LogP contribution is 2.58. The summed E-state index contributed by atoms with van der Waals surface area (Å²) in [6.45, 7) is 0. The Bertz CT molecular complexity index is 1780. The number of carbonyl (C=O) groups excluding carboxylic acids is 3. The fraction of sp³-hybridized carbons (Fsp3) is 0.147. The third-order valence-electron chi connectivity index (χ3n) is 8.59. The van der Waals surface area contributed by atoms with Gasteiger partial charge in [-0.2, -0.15) is 0 Å². The zero-order chi connectivity index (χ0) is 28.3. The number of nitrogens with one attached hydrogen (secondary N) is 1. The van der Waals surface area contributed by atoms with E-state index in [1.807, 2.05) is 59.5 Å². The molecule has 0 aromatic heterocycles. The van der Waals surface area contributed by atoms with Crippen molar-refractivity contribution in [2.24, 2.45) is 5.92 Å². The number of hydrogen-bond donors (Lipinski definition) is 1. The van der Waals surface area contributed by atoms with Crippen LogP contribution in [0, 0.1) is 11.7 Å². The molecule has 1 spiro atoms. The van der Waals surface area contributed by atoms with Gasteiger partial charge < -0.3 is 15.0 Å². The van der Waals surface area contributed by atoms with Gasteiger partial charge >= 0.3 is 0 Å². The Morgan fingerprint density at radius 2 is 1.66 bits per heavy atom. The first-order valence-electron chi connectivity index (χ1n) is 13.4. The number of amides is 1. The van der Waals surface area contributed by atoms with E-state index in [1.165, 1.54) is 25.3 Å². The highest BCUT2D eigenvalue weighted by Gasteiger charge is 2.70. The Balaban J connectivity index is 1.55. The van der Waals surface area contributed by atoms with E-state index >= 15 is 4.39 Å². The molecule has 3 aliphatic heterocycles. The lowest BCUT2D eigenvalue weighted by Crippen LogP contribution is -2.51. The van der Waals surface area contributed by atoms with Crippen molar-refractivity contribution in [2.45, 2.75) is 17.5 Å². The lowest BCUT2D eigenvalue weighted by Gasteiger charge is -2.37. The molecule has 3 heterocycles. The molecule has 0 aliphatic carbocycles. The summed E-state index contributed by atoms with van der Waals surface area (Å²) in [5.41, 5.74) is 1.47. The van der Waals surface area contributed by atoms with Crippen molar-refractivity contribution < 1.29 is 23.5 Å². The molecule has 1 fully saturated rings. The van der Waals surface area contributed by atoms with Crippen LogP contribution in [-0.2, 0) is 10.2 Å². The van der Waals surface area contributed by atoms with Crippen molar-refractivity contribution in [3.05, 3.63) is 131 Å². The topological polar surface area (TPSA) is 75.7 Å². The lowest BCUT2D eigenvalue weighted by atomic mass is 9.64. The number of Topliss-reactive ketones (excluding diaryl/α,β-unsaturated/α-hetero) is 2.